The minimum atomic E-state index is -0.932. The predicted molar refractivity (Wildman–Crippen MR) is 123 cm³/mol. The van der Waals surface area contributed by atoms with Gasteiger partial charge in [-0.15, -0.1) is 0 Å². The van der Waals surface area contributed by atoms with Gasteiger partial charge in [0.15, 0.2) is 0 Å². The van der Waals surface area contributed by atoms with E-state index in [1.807, 2.05) is 37.3 Å². The van der Waals surface area contributed by atoms with E-state index in [-0.39, 0.29) is 24.8 Å². The predicted octanol–water partition coefficient (Wildman–Crippen LogP) is 3.35. The second-order valence-electron chi connectivity index (χ2n) is 7.45. The number of hydrogen-bond acceptors (Lipinski definition) is 5. The Morgan fingerprint density at radius 1 is 1.16 bits per heavy atom. The fourth-order valence-electron chi connectivity index (χ4n) is 3.47. The largest absolute Gasteiger partial charge is 0.493 e. The first-order valence-electron chi connectivity index (χ1n) is 10.7. The van der Waals surface area contributed by atoms with Gasteiger partial charge in [0.05, 0.1) is 25.2 Å². The second kappa shape index (κ2) is 11.7. The Kier molecular flexibility index (Phi) is 8.67. The smallest absolute Gasteiger partial charge is 0.308 e. The highest BCUT2D eigenvalue weighted by Crippen LogP contribution is 2.26. The van der Waals surface area contributed by atoms with Crippen LogP contribution in [-0.2, 0) is 20.7 Å². The number of nitrogens with one attached hydrogen (secondary N) is 1. The van der Waals surface area contributed by atoms with Crippen LogP contribution in [0.15, 0.2) is 53.0 Å². The third-order valence-electron chi connectivity index (χ3n) is 5.08. The Labute approximate surface area is 196 Å². The lowest BCUT2D eigenvalue weighted by atomic mass is 10.1. The van der Waals surface area contributed by atoms with Gasteiger partial charge < -0.3 is 19.7 Å². The maximum absolute atomic E-state index is 13.4. The molecule has 7 nitrogen and oxygen atoms in total. The molecule has 2 amide bonds. The summed E-state index contributed by atoms with van der Waals surface area (Å²) in [6.07, 6.45) is 1.18. The van der Waals surface area contributed by atoms with Crippen LogP contribution in [0.5, 0.6) is 5.75 Å². The lowest BCUT2D eigenvalue weighted by Gasteiger charge is -2.35. The van der Waals surface area contributed by atoms with E-state index in [9.17, 15) is 14.4 Å². The van der Waals surface area contributed by atoms with Crippen LogP contribution in [0.2, 0.25) is 0 Å². The number of benzene rings is 2. The Morgan fingerprint density at radius 3 is 2.69 bits per heavy atom. The monoisotopic (exact) mass is 502 g/mol. The molecule has 0 spiro atoms. The molecule has 170 valence electrons. The number of halogens is 1. The van der Waals surface area contributed by atoms with Crippen LogP contribution in [0.4, 0.5) is 0 Å². The molecule has 2 aromatic rings. The highest BCUT2D eigenvalue weighted by Gasteiger charge is 2.36. The summed E-state index contributed by atoms with van der Waals surface area (Å²) in [4.78, 5) is 39.8. The highest BCUT2D eigenvalue weighted by atomic mass is 79.9. The topological polar surface area (TPSA) is 84.9 Å². The zero-order valence-corrected chi connectivity index (χ0v) is 19.6. The maximum Gasteiger partial charge on any atom is 0.308 e. The van der Waals surface area contributed by atoms with Crippen molar-refractivity contribution in [2.45, 2.75) is 32.2 Å². The quantitative estimate of drug-likeness (QED) is 0.531. The molecule has 1 saturated heterocycles. The standard InChI is InChI=1S/C24H27BrN2O5/c1-2-13-31-21-9-8-18(25)15-19(21)24(30)27-12-11-26-23(29)20(27)16-22(28)32-14-10-17-6-4-3-5-7-17/h3-9,15,20H,2,10-14,16H2,1H3,(H,26,29). The molecule has 0 saturated carbocycles. The Bertz CT molecular complexity index is 951. The van der Waals surface area contributed by atoms with Gasteiger partial charge in [0, 0.05) is 24.0 Å². The summed E-state index contributed by atoms with van der Waals surface area (Å²) in [6, 6.07) is 14.0. The third kappa shape index (κ3) is 6.32. The Balaban J connectivity index is 1.68. The minimum Gasteiger partial charge on any atom is -0.493 e. The van der Waals surface area contributed by atoms with Gasteiger partial charge in [-0.3, -0.25) is 14.4 Å². The van der Waals surface area contributed by atoms with E-state index >= 15 is 0 Å². The first kappa shape index (κ1) is 23.8. The van der Waals surface area contributed by atoms with E-state index < -0.39 is 12.0 Å². The number of piperazine rings is 1. The van der Waals surface area contributed by atoms with E-state index in [0.29, 0.717) is 37.4 Å². The van der Waals surface area contributed by atoms with Crippen LogP contribution >= 0.6 is 15.9 Å². The number of esters is 1. The van der Waals surface area contributed by atoms with Gasteiger partial charge in [0.1, 0.15) is 11.8 Å². The molecule has 1 N–H and O–H groups in total. The molecule has 3 rings (SSSR count). The molecule has 1 aliphatic rings. The summed E-state index contributed by atoms with van der Waals surface area (Å²) in [7, 11) is 0. The van der Waals surface area contributed by atoms with Gasteiger partial charge in [-0.2, -0.15) is 0 Å². The normalized spacial score (nSPS) is 15.8. The van der Waals surface area contributed by atoms with Crippen molar-refractivity contribution in [1.29, 1.82) is 0 Å². The molecular weight excluding hydrogens is 476 g/mol. The number of nitrogens with zero attached hydrogens (tertiary/aromatic N) is 1. The SMILES string of the molecule is CCCOc1ccc(Br)cc1C(=O)N1CCNC(=O)C1CC(=O)OCCc1ccccc1. The van der Waals surface area contributed by atoms with E-state index in [0.717, 1.165) is 16.5 Å². The van der Waals surface area contributed by atoms with Crippen LogP contribution in [0, 0.1) is 0 Å². The summed E-state index contributed by atoms with van der Waals surface area (Å²) >= 11 is 3.39. The van der Waals surface area contributed by atoms with Gasteiger partial charge in [-0.25, -0.2) is 0 Å². The van der Waals surface area contributed by atoms with Crippen LogP contribution in [0.3, 0.4) is 0 Å². The number of ether oxygens (including phenoxy) is 2. The zero-order valence-electron chi connectivity index (χ0n) is 18.0. The maximum atomic E-state index is 13.4. The molecule has 32 heavy (non-hydrogen) atoms. The van der Waals surface area contributed by atoms with Crippen molar-refractivity contribution in [2.24, 2.45) is 0 Å². The Morgan fingerprint density at radius 2 is 1.94 bits per heavy atom. The van der Waals surface area contributed by atoms with Crippen molar-refractivity contribution in [2.75, 3.05) is 26.3 Å². The number of carbonyl (C=O) groups is 3. The summed E-state index contributed by atoms with van der Waals surface area (Å²) in [5.41, 5.74) is 1.41. The van der Waals surface area contributed by atoms with Crippen LogP contribution < -0.4 is 10.1 Å². The van der Waals surface area contributed by atoms with Crippen molar-refractivity contribution in [3.63, 3.8) is 0 Å². The molecule has 1 fully saturated rings. The van der Waals surface area contributed by atoms with Gasteiger partial charge in [0.2, 0.25) is 5.91 Å². The van der Waals surface area contributed by atoms with E-state index in [2.05, 4.69) is 21.2 Å². The molecule has 0 aliphatic carbocycles. The molecule has 0 radical (unpaired) electrons. The average molecular weight is 503 g/mol. The van der Waals surface area contributed by atoms with Crippen molar-refractivity contribution >= 4 is 33.7 Å². The molecule has 1 unspecified atom stereocenters. The molecule has 1 aliphatic heterocycles. The fraction of sp³-hybridized carbons (Fsp3) is 0.375. The number of hydrogen-bond donors (Lipinski definition) is 1. The Hall–Kier alpha value is -2.87. The summed E-state index contributed by atoms with van der Waals surface area (Å²) < 4.78 is 11.8. The molecule has 1 atom stereocenters. The van der Waals surface area contributed by atoms with E-state index in [1.54, 1.807) is 18.2 Å². The number of rotatable bonds is 9. The van der Waals surface area contributed by atoms with Crippen LogP contribution in [0.25, 0.3) is 0 Å². The molecule has 1 heterocycles. The van der Waals surface area contributed by atoms with Crippen molar-refractivity contribution in [1.82, 2.24) is 10.2 Å². The van der Waals surface area contributed by atoms with Crippen LogP contribution in [-0.4, -0.2) is 55.0 Å². The zero-order chi connectivity index (χ0) is 22.9. The van der Waals surface area contributed by atoms with Crippen molar-refractivity contribution < 1.29 is 23.9 Å². The third-order valence-corrected chi connectivity index (χ3v) is 5.58. The van der Waals surface area contributed by atoms with Gasteiger partial charge in [-0.1, -0.05) is 53.2 Å². The van der Waals surface area contributed by atoms with Gasteiger partial charge >= 0.3 is 5.97 Å². The molecule has 0 bridgehead atoms. The lowest BCUT2D eigenvalue weighted by Crippen LogP contribution is -2.57. The fourth-order valence-corrected chi connectivity index (χ4v) is 3.83. The lowest BCUT2D eigenvalue weighted by molar-refractivity contribution is -0.147. The first-order chi connectivity index (χ1) is 15.5. The van der Waals surface area contributed by atoms with Crippen LogP contribution in [0.1, 0.15) is 35.7 Å². The highest BCUT2D eigenvalue weighted by molar-refractivity contribution is 9.10. The number of amides is 2. The molecule has 0 aromatic heterocycles. The van der Waals surface area contributed by atoms with Crippen molar-refractivity contribution in [3.05, 3.63) is 64.1 Å². The van der Waals surface area contributed by atoms with Gasteiger partial charge in [-0.05, 0) is 30.2 Å². The minimum absolute atomic E-state index is 0.203. The molecule has 2 aromatic carbocycles. The summed E-state index contributed by atoms with van der Waals surface area (Å²) in [5, 5.41) is 2.73. The summed E-state index contributed by atoms with van der Waals surface area (Å²) in [5.74, 6) is -0.780. The molecular formula is C24H27BrN2O5. The molecule has 8 heteroatoms. The average Bonchev–Trinajstić information content (AvgIpc) is 2.80. The summed E-state index contributed by atoms with van der Waals surface area (Å²) in [6.45, 7) is 3.29. The van der Waals surface area contributed by atoms with Crippen molar-refractivity contribution in [3.8, 4) is 5.75 Å². The van der Waals surface area contributed by atoms with Gasteiger partial charge in [0.25, 0.3) is 5.91 Å². The number of carbonyl (C=O) groups excluding carboxylic acids is 3. The van der Waals surface area contributed by atoms with E-state index in [4.69, 9.17) is 9.47 Å². The van der Waals surface area contributed by atoms with E-state index in [1.165, 1.54) is 4.90 Å². The first-order valence-corrected chi connectivity index (χ1v) is 11.5. The second-order valence-corrected chi connectivity index (χ2v) is 8.37.